The second-order valence-electron chi connectivity index (χ2n) is 7.82. The first kappa shape index (κ1) is 21.4. The fourth-order valence-electron chi connectivity index (χ4n) is 4.02. The largest absolute Gasteiger partial charge is 0.379 e. The first-order valence-corrected chi connectivity index (χ1v) is 11.4. The summed E-state index contributed by atoms with van der Waals surface area (Å²) in [4.78, 5) is 14.7. The molecule has 4 aromatic rings. The Hall–Kier alpha value is -3.47. The summed E-state index contributed by atoms with van der Waals surface area (Å²) in [5.74, 6) is -0.136. The van der Waals surface area contributed by atoms with Crippen LogP contribution in [0.5, 0.6) is 0 Å². The molecule has 4 aromatic carbocycles. The first-order chi connectivity index (χ1) is 16.1. The molecule has 0 unspecified atom stereocenters. The van der Waals surface area contributed by atoms with Gasteiger partial charge in [0.15, 0.2) is 0 Å². The number of nitrogens with zero attached hydrogens (tertiary/aromatic N) is 1. The van der Waals surface area contributed by atoms with E-state index in [0.29, 0.717) is 10.0 Å². The van der Waals surface area contributed by atoms with Gasteiger partial charge in [-0.3, -0.25) is 4.79 Å². The van der Waals surface area contributed by atoms with Crippen LogP contribution in [0.1, 0.15) is 5.56 Å². The summed E-state index contributed by atoms with van der Waals surface area (Å²) in [6.45, 7) is 0.749. The van der Waals surface area contributed by atoms with Crippen LogP contribution in [0.4, 0.5) is 22.7 Å². The minimum Gasteiger partial charge on any atom is -0.379 e. The van der Waals surface area contributed by atoms with Crippen molar-refractivity contribution in [2.75, 3.05) is 22.1 Å². The van der Waals surface area contributed by atoms with Gasteiger partial charge in [-0.2, -0.15) is 0 Å². The topological polar surface area (TPSA) is 44.4 Å². The maximum atomic E-state index is 12.5. The third kappa shape index (κ3) is 4.54. The number of carbonyl (C=O) groups is 1. The van der Waals surface area contributed by atoms with E-state index >= 15 is 0 Å². The average molecular weight is 474 g/mol. The van der Waals surface area contributed by atoms with Crippen LogP contribution in [-0.2, 0) is 11.2 Å². The second-order valence-corrected chi connectivity index (χ2v) is 8.67. The van der Waals surface area contributed by atoms with Gasteiger partial charge in [0.2, 0.25) is 5.91 Å². The van der Waals surface area contributed by atoms with Gasteiger partial charge >= 0.3 is 0 Å². The molecule has 33 heavy (non-hydrogen) atoms. The Morgan fingerprint density at radius 2 is 1.79 bits per heavy atom. The molecule has 5 rings (SSSR count). The Kier molecular flexibility index (Phi) is 5.95. The molecule has 0 saturated heterocycles. The van der Waals surface area contributed by atoms with Crippen molar-refractivity contribution in [3.05, 3.63) is 107 Å². The SMILES string of the molecule is O=C(Cc1ccc(Cl)cc1Cl)Nc1ccc(N2C=CCNc3c2ccc2ccccc32)cc1. The smallest absolute Gasteiger partial charge is 0.228 e. The maximum absolute atomic E-state index is 12.5. The van der Waals surface area contributed by atoms with Crippen LogP contribution >= 0.6 is 23.2 Å². The monoisotopic (exact) mass is 473 g/mol. The van der Waals surface area contributed by atoms with E-state index < -0.39 is 0 Å². The third-order valence-electron chi connectivity index (χ3n) is 5.61. The number of carbonyl (C=O) groups excluding carboxylic acids is 1. The lowest BCUT2D eigenvalue weighted by atomic mass is 10.1. The Morgan fingerprint density at radius 1 is 0.970 bits per heavy atom. The van der Waals surface area contributed by atoms with Gasteiger partial charge in [-0.05, 0) is 59.5 Å². The van der Waals surface area contributed by atoms with Crippen molar-refractivity contribution in [2.45, 2.75) is 6.42 Å². The predicted molar refractivity (Wildman–Crippen MR) is 139 cm³/mol. The summed E-state index contributed by atoms with van der Waals surface area (Å²) in [5, 5.41) is 9.89. The van der Waals surface area contributed by atoms with Crippen molar-refractivity contribution in [3.63, 3.8) is 0 Å². The van der Waals surface area contributed by atoms with Crippen LogP contribution < -0.4 is 15.5 Å². The Balaban J connectivity index is 1.36. The van der Waals surface area contributed by atoms with Gasteiger partial charge in [0.05, 0.1) is 17.8 Å². The number of hydrogen-bond acceptors (Lipinski definition) is 3. The molecule has 1 heterocycles. The fraction of sp³-hybridized carbons (Fsp3) is 0.0741. The molecule has 1 amide bonds. The Labute approximate surface area is 202 Å². The summed E-state index contributed by atoms with van der Waals surface area (Å²) >= 11 is 12.1. The van der Waals surface area contributed by atoms with Crippen LogP contribution in [0.3, 0.4) is 0 Å². The maximum Gasteiger partial charge on any atom is 0.228 e. The Morgan fingerprint density at radius 3 is 2.61 bits per heavy atom. The molecule has 4 nitrogen and oxygen atoms in total. The van der Waals surface area contributed by atoms with Crippen LogP contribution in [0.15, 0.2) is 91.1 Å². The fourth-order valence-corrected chi connectivity index (χ4v) is 4.50. The van der Waals surface area contributed by atoms with Crippen LogP contribution in [0.25, 0.3) is 10.8 Å². The quantitative estimate of drug-likeness (QED) is 0.324. The van der Waals surface area contributed by atoms with Gasteiger partial charge in [-0.15, -0.1) is 0 Å². The average Bonchev–Trinajstić information content (AvgIpc) is 3.04. The van der Waals surface area contributed by atoms with Gasteiger partial charge in [0.25, 0.3) is 0 Å². The van der Waals surface area contributed by atoms with Crippen LogP contribution in [0, 0.1) is 0 Å². The minimum absolute atomic E-state index is 0.136. The standard InChI is InChI=1S/C27H21Cl2N3O/c28-20-8-6-19(24(29)17-20)16-26(33)31-21-9-11-22(12-10-21)32-15-3-14-30-27-23-5-2-1-4-18(23)7-13-25(27)32/h1-13,15,17,30H,14,16H2,(H,31,33). The molecular formula is C27H21Cl2N3O. The second kappa shape index (κ2) is 9.18. The van der Waals surface area contributed by atoms with Gasteiger partial charge in [-0.1, -0.05) is 59.6 Å². The summed E-state index contributed by atoms with van der Waals surface area (Å²) in [5.41, 5.74) is 4.66. The molecule has 6 heteroatoms. The third-order valence-corrected chi connectivity index (χ3v) is 6.20. The summed E-state index contributed by atoms with van der Waals surface area (Å²) in [7, 11) is 0. The summed E-state index contributed by atoms with van der Waals surface area (Å²) < 4.78 is 0. The number of benzene rings is 4. The molecule has 1 aliphatic rings. The van der Waals surface area contributed by atoms with Crippen molar-refractivity contribution in [1.29, 1.82) is 0 Å². The molecule has 0 bridgehead atoms. The predicted octanol–water partition coefficient (Wildman–Crippen LogP) is 7.41. The van der Waals surface area contributed by atoms with E-state index in [2.05, 4.69) is 64.2 Å². The first-order valence-electron chi connectivity index (χ1n) is 10.6. The number of hydrogen-bond donors (Lipinski definition) is 2. The molecule has 0 aromatic heterocycles. The molecule has 0 radical (unpaired) electrons. The molecule has 0 saturated carbocycles. The number of amides is 1. The van der Waals surface area contributed by atoms with Crippen molar-refractivity contribution in [3.8, 4) is 0 Å². The minimum atomic E-state index is -0.136. The number of halogens is 2. The molecule has 1 aliphatic heterocycles. The lowest BCUT2D eigenvalue weighted by Gasteiger charge is -2.23. The number of rotatable bonds is 4. The molecule has 0 aliphatic carbocycles. The van der Waals surface area contributed by atoms with Gasteiger partial charge in [0, 0.05) is 39.6 Å². The molecule has 0 atom stereocenters. The van der Waals surface area contributed by atoms with Gasteiger partial charge in [0.1, 0.15) is 0 Å². The zero-order valence-corrected chi connectivity index (χ0v) is 19.2. The molecule has 2 N–H and O–H groups in total. The highest BCUT2D eigenvalue weighted by Gasteiger charge is 2.16. The van der Waals surface area contributed by atoms with E-state index in [1.165, 1.54) is 10.8 Å². The van der Waals surface area contributed by atoms with Crippen molar-refractivity contribution in [1.82, 2.24) is 0 Å². The van der Waals surface area contributed by atoms with Gasteiger partial charge in [-0.25, -0.2) is 0 Å². The van der Waals surface area contributed by atoms with Crippen molar-refractivity contribution >= 4 is 62.6 Å². The molecule has 0 fully saturated rings. The van der Waals surface area contributed by atoms with Gasteiger partial charge < -0.3 is 15.5 Å². The highest BCUT2D eigenvalue weighted by molar-refractivity contribution is 6.35. The van der Waals surface area contributed by atoms with E-state index in [4.69, 9.17) is 23.2 Å². The zero-order valence-electron chi connectivity index (χ0n) is 17.7. The van der Waals surface area contributed by atoms with Crippen LogP contribution in [-0.4, -0.2) is 12.5 Å². The molecule has 0 spiro atoms. The number of nitrogens with one attached hydrogen (secondary N) is 2. The summed E-state index contributed by atoms with van der Waals surface area (Å²) in [6, 6.07) is 25.6. The number of anilines is 4. The normalized spacial score (nSPS) is 12.7. The van der Waals surface area contributed by atoms with Crippen LogP contribution in [0.2, 0.25) is 10.0 Å². The number of fused-ring (bicyclic) bond motifs is 3. The van der Waals surface area contributed by atoms with E-state index in [1.54, 1.807) is 18.2 Å². The lowest BCUT2D eigenvalue weighted by molar-refractivity contribution is -0.115. The molecular weight excluding hydrogens is 453 g/mol. The lowest BCUT2D eigenvalue weighted by Crippen LogP contribution is -2.15. The molecule has 164 valence electrons. The van der Waals surface area contributed by atoms with E-state index in [9.17, 15) is 4.79 Å². The highest BCUT2D eigenvalue weighted by Crippen LogP contribution is 2.39. The summed E-state index contributed by atoms with van der Waals surface area (Å²) in [6.07, 6.45) is 4.35. The van der Waals surface area contributed by atoms with Crippen molar-refractivity contribution < 1.29 is 4.79 Å². The Bertz CT molecular complexity index is 1370. The van der Waals surface area contributed by atoms with E-state index in [-0.39, 0.29) is 12.3 Å². The highest BCUT2D eigenvalue weighted by atomic mass is 35.5. The van der Waals surface area contributed by atoms with E-state index in [1.807, 2.05) is 24.3 Å². The van der Waals surface area contributed by atoms with E-state index in [0.717, 1.165) is 34.9 Å². The van der Waals surface area contributed by atoms with Crippen molar-refractivity contribution in [2.24, 2.45) is 0 Å². The zero-order chi connectivity index (χ0) is 22.8.